The monoisotopic (exact) mass is 216 g/mol. The van der Waals surface area contributed by atoms with Crippen LogP contribution in [0.3, 0.4) is 0 Å². The summed E-state index contributed by atoms with van der Waals surface area (Å²) in [5, 5.41) is 0. The summed E-state index contributed by atoms with van der Waals surface area (Å²) in [6, 6.07) is 0. The summed E-state index contributed by atoms with van der Waals surface area (Å²) in [6.45, 7) is 7.27. The Morgan fingerprint density at radius 1 is 1.09 bits per heavy atom. The minimum absolute atomic E-state index is 0. The van der Waals surface area contributed by atoms with Crippen LogP contribution in [0.2, 0.25) is 0 Å². The standard InChI is InChI=1S/C5H10.H3O4P.V/c1-3-5-4-2;1-5(2,3)4;/h1-5H2;(H3,1,2,3,4);/q-2;;/p-3. The van der Waals surface area contributed by atoms with E-state index in [-0.39, 0.29) is 18.6 Å². The van der Waals surface area contributed by atoms with Gasteiger partial charge in [0.15, 0.2) is 0 Å². The molecule has 0 aromatic carbocycles. The fourth-order valence-corrected chi connectivity index (χ4v) is 0.177. The first kappa shape index (κ1) is 17.7. The molecule has 11 heavy (non-hydrogen) atoms. The molecule has 0 N–H and O–H groups in total. The maximum absolute atomic E-state index is 8.55. The first-order chi connectivity index (χ1) is 4.41. The van der Waals surface area contributed by atoms with E-state index in [1.807, 2.05) is 0 Å². The molecule has 6 heteroatoms. The summed E-state index contributed by atoms with van der Waals surface area (Å²) < 4.78 is 8.55. The van der Waals surface area contributed by atoms with Crippen molar-refractivity contribution in [1.29, 1.82) is 0 Å². The maximum atomic E-state index is 8.55. The first-order valence-electron chi connectivity index (χ1n) is 2.73. The van der Waals surface area contributed by atoms with E-state index in [1.54, 1.807) is 0 Å². The summed E-state index contributed by atoms with van der Waals surface area (Å²) in [7, 11) is -5.39. The molecule has 0 fully saturated rings. The van der Waals surface area contributed by atoms with Gasteiger partial charge in [-0.1, -0.05) is 0 Å². The third-order valence-corrected chi connectivity index (χ3v) is 0.500. The van der Waals surface area contributed by atoms with Gasteiger partial charge in [-0.3, -0.25) is 0 Å². The van der Waals surface area contributed by atoms with Gasteiger partial charge >= 0.3 is 0 Å². The molecule has 0 heterocycles. The summed E-state index contributed by atoms with van der Waals surface area (Å²) in [5.41, 5.74) is 0. The fourth-order valence-electron chi connectivity index (χ4n) is 0.177. The van der Waals surface area contributed by atoms with Gasteiger partial charge in [0, 0.05) is 18.6 Å². The van der Waals surface area contributed by atoms with Crippen LogP contribution >= 0.6 is 7.82 Å². The molecule has 0 aliphatic carbocycles. The zero-order valence-electron chi connectivity index (χ0n) is 6.06. The van der Waals surface area contributed by atoms with E-state index < -0.39 is 7.82 Å². The van der Waals surface area contributed by atoms with Crippen LogP contribution in [0.4, 0.5) is 0 Å². The Morgan fingerprint density at radius 2 is 1.27 bits per heavy atom. The molecule has 0 aliphatic rings. The molecular weight excluding hydrogens is 206 g/mol. The third kappa shape index (κ3) is 111. The van der Waals surface area contributed by atoms with E-state index in [2.05, 4.69) is 13.8 Å². The van der Waals surface area contributed by atoms with Gasteiger partial charge in [0.1, 0.15) is 0 Å². The Bertz CT molecular complexity index is 92.4. The molecule has 4 nitrogen and oxygen atoms in total. The second kappa shape index (κ2) is 10.7. The van der Waals surface area contributed by atoms with Gasteiger partial charge in [0.2, 0.25) is 0 Å². The largest absolute Gasteiger partial charge is 0.822 e. The van der Waals surface area contributed by atoms with Crippen molar-refractivity contribution in [3.63, 3.8) is 0 Å². The van der Waals surface area contributed by atoms with E-state index in [0.717, 1.165) is 12.8 Å². The van der Waals surface area contributed by atoms with Gasteiger partial charge in [-0.15, -0.1) is 6.42 Å². The van der Waals surface area contributed by atoms with Crippen LogP contribution in [0.15, 0.2) is 0 Å². The summed E-state index contributed by atoms with van der Waals surface area (Å²) in [5.74, 6) is 0. The molecule has 0 spiro atoms. The molecule has 0 amide bonds. The van der Waals surface area contributed by atoms with Gasteiger partial charge in [0.25, 0.3) is 0 Å². The van der Waals surface area contributed by atoms with Crippen LogP contribution in [0, 0.1) is 13.8 Å². The Kier molecular flexibility index (Phi) is 17.2. The van der Waals surface area contributed by atoms with Gasteiger partial charge in [-0.05, 0) is 0 Å². The number of unbranched alkanes of at least 4 members (excludes halogenated alkanes) is 2. The predicted octanol–water partition coefficient (Wildman–Crippen LogP) is -1.00. The molecular formula is C5H10O4PV-5. The minimum atomic E-state index is -5.39. The second-order valence-corrected chi connectivity index (χ2v) is 2.40. The van der Waals surface area contributed by atoms with Crippen LogP contribution in [-0.2, 0) is 23.1 Å². The van der Waals surface area contributed by atoms with Crippen LogP contribution in [-0.4, -0.2) is 0 Å². The Labute approximate surface area is 79.1 Å². The van der Waals surface area contributed by atoms with Crippen molar-refractivity contribution < 1.29 is 37.8 Å². The molecule has 69 valence electrons. The van der Waals surface area contributed by atoms with Crippen molar-refractivity contribution in [2.75, 3.05) is 0 Å². The van der Waals surface area contributed by atoms with Crippen molar-refractivity contribution in [3.05, 3.63) is 13.8 Å². The van der Waals surface area contributed by atoms with Crippen LogP contribution < -0.4 is 14.7 Å². The molecule has 0 saturated carbocycles. The predicted molar refractivity (Wildman–Crippen MR) is 32.2 cm³/mol. The SMILES string of the molecule is O=P([O-])([O-])[O-].[CH2-]CCC[CH2-].[V]. The molecule has 1 radical (unpaired) electrons. The molecule has 0 aliphatic heterocycles. The molecule has 0 aromatic rings. The van der Waals surface area contributed by atoms with E-state index in [9.17, 15) is 0 Å². The topological polar surface area (TPSA) is 86.2 Å². The smallest absolute Gasteiger partial charge is 0 e. The zero-order chi connectivity index (χ0) is 8.62. The third-order valence-electron chi connectivity index (χ3n) is 0.500. The van der Waals surface area contributed by atoms with Gasteiger partial charge in [-0.2, -0.15) is 20.7 Å². The van der Waals surface area contributed by atoms with E-state index >= 15 is 0 Å². The van der Waals surface area contributed by atoms with Crippen LogP contribution in [0.1, 0.15) is 19.3 Å². The molecule has 0 bridgehead atoms. The average molecular weight is 216 g/mol. The molecule has 0 rings (SSSR count). The minimum Gasteiger partial charge on any atom is -0.822 e. The molecule has 0 aromatic heterocycles. The van der Waals surface area contributed by atoms with Crippen molar-refractivity contribution in [2.45, 2.75) is 19.3 Å². The van der Waals surface area contributed by atoms with Gasteiger partial charge < -0.3 is 33.1 Å². The second-order valence-electron chi connectivity index (χ2n) is 1.51. The van der Waals surface area contributed by atoms with Crippen molar-refractivity contribution >= 4 is 7.82 Å². The molecule has 0 unspecified atom stereocenters. The fraction of sp³-hybridized carbons (Fsp3) is 0.600. The summed E-state index contributed by atoms with van der Waals surface area (Å²) in [6.07, 6.45) is 3.23. The van der Waals surface area contributed by atoms with E-state index in [0.29, 0.717) is 0 Å². The van der Waals surface area contributed by atoms with Crippen LogP contribution in [0.5, 0.6) is 0 Å². The normalized spacial score (nSPS) is 9.18. The summed E-state index contributed by atoms with van der Waals surface area (Å²) in [4.78, 5) is 25.6. The first-order valence-corrected chi connectivity index (χ1v) is 4.19. The quantitative estimate of drug-likeness (QED) is 0.437. The van der Waals surface area contributed by atoms with Crippen LogP contribution in [0.25, 0.3) is 0 Å². The number of rotatable bonds is 2. The number of hydrogen-bond donors (Lipinski definition) is 0. The van der Waals surface area contributed by atoms with Crippen molar-refractivity contribution in [2.24, 2.45) is 0 Å². The Morgan fingerprint density at radius 3 is 1.27 bits per heavy atom. The maximum Gasteiger partial charge on any atom is 0 e. The van der Waals surface area contributed by atoms with E-state index in [1.165, 1.54) is 6.42 Å². The Balaban J connectivity index is -0.000000107. The van der Waals surface area contributed by atoms with Crippen molar-refractivity contribution in [3.8, 4) is 0 Å². The number of phosphoric acid groups is 1. The molecule has 0 saturated heterocycles. The Hall–Kier alpha value is 0.694. The van der Waals surface area contributed by atoms with Crippen molar-refractivity contribution in [1.82, 2.24) is 0 Å². The van der Waals surface area contributed by atoms with E-state index in [4.69, 9.17) is 19.2 Å². The van der Waals surface area contributed by atoms with Gasteiger partial charge in [0.05, 0.1) is 0 Å². The molecule has 0 atom stereocenters. The summed E-state index contributed by atoms with van der Waals surface area (Å²) >= 11 is 0. The zero-order valence-corrected chi connectivity index (χ0v) is 8.35. The average Bonchev–Trinajstić information content (AvgIpc) is 1.63. The number of hydrogen-bond acceptors (Lipinski definition) is 4. The van der Waals surface area contributed by atoms with Gasteiger partial charge in [-0.25, -0.2) is 0 Å².